The zero-order chi connectivity index (χ0) is 19.2. The van der Waals surface area contributed by atoms with Crippen LogP contribution in [-0.4, -0.2) is 33.6 Å². The zero-order valence-corrected chi connectivity index (χ0v) is 15.4. The monoisotopic (exact) mass is 387 g/mol. The predicted octanol–water partition coefficient (Wildman–Crippen LogP) is 2.22. The number of nitrogens with one attached hydrogen (secondary N) is 1. The first-order chi connectivity index (χ1) is 13.1. The molecule has 0 saturated heterocycles. The summed E-state index contributed by atoms with van der Waals surface area (Å²) in [6.45, 7) is 0.123. The number of methoxy groups -OCH3 is 1. The molecule has 140 valence electrons. The second-order valence-electron chi connectivity index (χ2n) is 5.56. The third-order valence-corrected chi connectivity index (χ3v) is 4.72. The summed E-state index contributed by atoms with van der Waals surface area (Å²) >= 11 is 1.15. The zero-order valence-electron chi connectivity index (χ0n) is 14.6. The number of ether oxygens (including phenoxy) is 1. The van der Waals surface area contributed by atoms with Crippen LogP contribution < -0.4 is 15.9 Å². The van der Waals surface area contributed by atoms with E-state index in [0.29, 0.717) is 16.5 Å². The Hall–Kier alpha value is -3.07. The highest BCUT2D eigenvalue weighted by Gasteiger charge is 2.14. The molecule has 1 amide bonds. The number of carbonyl (C=O) groups is 1. The number of carbonyl (C=O) groups excluding carboxylic acids is 1. The van der Waals surface area contributed by atoms with Crippen LogP contribution in [0.4, 0.5) is 4.39 Å². The highest BCUT2D eigenvalue weighted by atomic mass is 32.2. The maximum atomic E-state index is 13.6. The normalized spacial score (nSPS) is 10.6. The Kier molecular flexibility index (Phi) is 5.92. The first-order valence-electron chi connectivity index (χ1n) is 8.06. The number of halogens is 1. The number of nitrogens with zero attached hydrogens (tertiary/aromatic N) is 3. The van der Waals surface area contributed by atoms with Gasteiger partial charge in [0.05, 0.1) is 12.9 Å². The van der Waals surface area contributed by atoms with Crippen molar-refractivity contribution in [2.45, 2.75) is 11.7 Å². The molecule has 0 spiro atoms. The van der Waals surface area contributed by atoms with Crippen LogP contribution in [-0.2, 0) is 11.3 Å². The molecule has 3 rings (SSSR count). The first kappa shape index (κ1) is 18.7. The fourth-order valence-corrected chi connectivity index (χ4v) is 3.02. The predicted molar refractivity (Wildman–Crippen MR) is 101 cm³/mol. The smallest absolute Gasteiger partial charge is 0.230 e. The number of hydrogen-bond donors (Lipinski definition) is 2. The van der Waals surface area contributed by atoms with Crippen LogP contribution in [0.2, 0.25) is 0 Å². The van der Waals surface area contributed by atoms with Crippen molar-refractivity contribution in [1.82, 2.24) is 20.2 Å². The van der Waals surface area contributed by atoms with E-state index in [9.17, 15) is 9.18 Å². The van der Waals surface area contributed by atoms with E-state index in [4.69, 9.17) is 10.6 Å². The molecule has 1 heterocycles. The van der Waals surface area contributed by atoms with Crippen LogP contribution >= 0.6 is 11.8 Å². The van der Waals surface area contributed by atoms with Crippen molar-refractivity contribution in [3.05, 3.63) is 59.9 Å². The number of thioether (sulfide) groups is 1. The van der Waals surface area contributed by atoms with Gasteiger partial charge in [-0.2, -0.15) is 0 Å². The second-order valence-corrected chi connectivity index (χ2v) is 6.50. The molecule has 0 atom stereocenters. The first-order valence-corrected chi connectivity index (χ1v) is 9.05. The van der Waals surface area contributed by atoms with Gasteiger partial charge in [-0.25, -0.2) is 9.07 Å². The van der Waals surface area contributed by atoms with Crippen LogP contribution in [0, 0.1) is 5.82 Å². The van der Waals surface area contributed by atoms with Crippen LogP contribution in [0.15, 0.2) is 53.7 Å². The topological polar surface area (TPSA) is 95.1 Å². The fourth-order valence-electron chi connectivity index (χ4n) is 2.33. The molecule has 7 nitrogen and oxygen atoms in total. The Morgan fingerprint density at radius 2 is 1.96 bits per heavy atom. The molecule has 0 aliphatic rings. The summed E-state index contributed by atoms with van der Waals surface area (Å²) in [6.07, 6.45) is 0. The Balaban J connectivity index is 1.57. The van der Waals surface area contributed by atoms with Crippen molar-refractivity contribution in [1.29, 1.82) is 0 Å². The van der Waals surface area contributed by atoms with Gasteiger partial charge in [0.1, 0.15) is 11.6 Å². The fraction of sp³-hybridized carbons (Fsp3) is 0.167. The van der Waals surface area contributed by atoms with Gasteiger partial charge in [0.2, 0.25) is 11.1 Å². The number of benzene rings is 2. The van der Waals surface area contributed by atoms with E-state index >= 15 is 0 Å². The van der Waals surface area contributed by atoms with Crippen LogP contribution in [0.3, 0.4) is 0 Å². The summed E-state index contributed by atoms with van der Waals surface area (Å²) in [6, 6.07) is 13.5. The molecule has 9 heteroatoms. The summed E-state index contributed by atoms with van der Waals surface area (Å²) in [5, 5.41) is 11.2. The second kappa shape index (κ2) is 8.54. The molecule has 3 N–H and O–H groups in total. The molecule has 0 aliphatic heterocycles. The molecule has 0 bridgehead atoms. The quantitative estimate of drug-likeness (QED) is 0.477. The molecular weight excluding hydrogens is 369 g/mol. The van der Waals surface area contributed by atoms with Crippen molar-refractivity contribution in [2.75, 3.05) is 18.7 Å². The van der Waals surface area contributed by atoms with Gasteiger partial charge in [-0.05, 0) is 30.3 Å². The third kappa shape index (κ3) is 4.56. The lowest BCUT2D eigenvalue weighted by atomic mass is 10.2. The molecule has 0 aliphatic carbocycles. The average molecular weight is 387 g/mol. The molecule has 0 unspecified atom stereocenters. The third-order valence-electron chi connectivity index (χ3n) is 3.78. The maximum Gasteiger partial charge on any atom is 0.230 e. The van der Waals surface area contributed by atoms with E-state index in [0.717, 1.165) is 23.1 Å². The van der Waals surface area contributed by atoms with E-state index in [2.05, 4.69) is 15.5 Å². The lowest BCUT2D eigenvalue weighted by molar-refractivity contribution is -0.118. The summed E-state index contributed by atoms with van der Waals surface area (Å²) in [5.41, 5.74) is 1.21. The standard InChI is InChI=1S/C18H18FN5O2S/c1-26-14-8-6-12(7-9-14)17-22-23-18(24(17)20)27-11-16(25)21-10-13-4-2-3-5-15(13)19/h2-9H,10-11,20H2,1H3,(H,21,25). The molecule has 0 saturated carbocycles. The average Bonchev–Trinajstić information content (AvgIpc) is 3.06. The van der Waals surface area contributed by atoms with Crippen molar-refractivity contribution in [3.63, 3.8) is 0 Å². The van der Waals surface area contributed by atoms with E-state index in [1.54, 1.807) is 37.4 Å². The largest absolute Gasteiger partial charge is 0.497 e. The van der Waals surface area contributed by atoms with Gasteiger partial charge in [0.15, 0.2) is 5.82 Å². The molecule has 0 radical (unpaired) electrons. The van der Waals surface area contributed by atoms with Gasteiger partial charge < -0.3 is 15.9 Å². The maximum absolute atomic E-state index is 13.6. The van der Waals surface area contributed by atoms with Crippen LogP contribution in [0.25, 0.3) is 11.4 Å². The summed E-state index contributed by atoms with van der Waals surface area (Å²) in [4.78, 5) is 12.0. The van der Waals surface area contributed by atoms with Crippen molar-refractivity contribution in [2.24, 2.45) is 0 Å². The number of nitrogens with two attached hydrogens (primary N) is 1. The van der Waals surface area contributed by atoms with E-state index in [1.807, 2.05) is 12.1 Å². The minimum Gasteiger partial charge on any atom is -0.497 e. The van der Waals surface area contributed by atoms with E-state index < -0.39 is 0 Å². The van der Waals surface area contributed by atoms with Gasteiger partial charge >= 0.3 is 0 Å². The Bertz CT molecular complexity index is 930. The number of nitrogen functional groups attached to an aromatic ring is 1. The Labute approximate surface area is 159 Å². The van der Waals surface area contributed by atoms with Gasteiger partial charge in [-0.3, -0.25) is 4.79 Å². The highest BCUT2D eigenvalue weighted by Crippen LogP contribution is 2.23. The molecule has 2 aromatic carbocycles. The lowest BCUT2D eigenvalue weighted by Gasteiger charge is -2.06. The van der Waals surface area contributed by atoms with E-state index in [-0.39, 0.29) is 24.0 Å². The Morgan fingerprint density at radius 3 is 2.67 bits per heavy atom. The van der Waals surface area contributed by atoms with Crippen LogP contribution in [0.1, 0.15) is 5.56 Å². The number of amides is 1. The molecule has 27 heavy (non-hydrogen) atoms. The molecule has 3 aromatic rings. The molecule has 0 fully saturated rings. The van der Waals surface area contributed by atoms with Gasteiger partial charge in [0, 0.05) is 17.7 Å². The summed E-state index contributed by atoms with van der Waals surface area (Å²) in [5.74, 6) is 6.73. The number of hydrogen-bond acceptors (Lipinski definition) is 6. The van der Waals surface area contributed by atoms with Gasteiger partial charge in [-0.1, -0.05) is 30.0 Å². The lowest BCUT2D eigenvalue weighted by Crippen LogP contribution is -2.25. The SMILES string of the molecule is COc1ccc(-c2nnc(SCC(=O)NCc3ccccc3F)n2N)cc1. The molecule has 1 aromatic heterocycles. The summed E-state index contributed by atoms with van der Waals surface area (Å²) in [7, 11) is 1.59. The minimum absolute atomic E-state index is 0.0897. The highest BCUT2D eigenvalue weighted by molar-refractivity contribution is 7.99. The van der Waals surface area contributed by atoms with Crippen molar-refractivity contribution < 1.29 is 13.9 Å². The number of aromatic nitrogens is 3. The van der Waals surface area contributed by atoms with Gasteiger partial charge in [0.25, 0.3) is 0 Å². The summed E-state index contributed by atoms with van der Waals surface area (Å²) < 4.78 is 20.0. The molecular formula is C18H18FN5O2S. The van der Waals surface area contributed by atoms with E-state index in [1.165, 1.54) is 10.7 Å². The minimum atomic E-state index is -0.351. The van der Waals surface area contributed by atoms with Crippen LogP contribution in [0.5, 0.6) is 5.75 Å². The van der Waals surface area contributed by atoms with Crippen molar-refractivity contribution >= 4 is 17.7 Å². The van der Waals surface area contributed by atoms with Crippen molar-refractivity contribution in [3.8, 4) is 17.1 Å². The Morgan fingerprint density at radius 1 is 1.22 bits per heavy atom. The number of rotatable bonds is 7. The van der Waals surface area contributed by atoms with Gasteiger partial charge in [-0.15, -0.1) is 10.2 Å².